The normalized spacial score (nSPS) is 17.7. The van der Waals surface area contributed by atoms with E-state index >= 15 is 0 Å². The van der Waals surface area contributed by atoms with Crippen molar-refractivity contribution in [2.45, 2.75) is 177 Å². The Morgan fingerprint density at radius 3 is 1.28 bits per heavy atom. The summed E-state index contributed by atoms with van der Waals surface area (Å²) in [4.78, 5) is 72.9. The number of hydrogen-bond donors (Lipinski definition) is 1. The predicted octanol–water partition coefficient (Wildman–Crippen LogP) is 13.5. The van der Waals surface area contributed by atoms with Crippen molar-refractivity contribution in [1.82, 2.24) is 39.2 Å². The predicted molar refractivity (Wildman–Crippen MR) is 438 cm³/mol. The SMILES string of the molecule is COCCOC(=O)C1(OCCOC)CCC(c2cc(N(COCC[Si](C)(C)C)COCC[Si](C)(C)C)n3ncc(-c4ccc(C=O)nc4)c3n2)CC1.COCCOC(=O)C1(OCCOC)CCC(c2nc3c(-c4ccc(C=O)nc4)cnn3c(N(COCC[Si](C)(C)C)COCC[Si](C)(C)C)c2Br)CC1.[B]=NS. The van der Waals surface area contributed by atoms with Crippen LogP contribution in [0.1, 0.15) is 95.6 Å². The van der Waals surface area contributed by atoms with Gasteiger partial charge in [0.2, 0.25) is 0 Å². The van der Waals surface area contributed by atoms with E-state index in [1.165, 1.54) is 0 Å². The molecule has 0 unspecified atom stereocenters. The summed E-state index contributed by atoms with van der Waals surface area (Å²) in [5.41, 5.74) is 4.73. The zero-order valence-corrected chi connectivity index (χ0v) is 73.1. The standard InChI is InChI=1S/C37H58BrN5O8Si2.C37H59N5O8Si2.BHNS/c1-46-15-17-50-36(45)37(51-18-16-47-2)13-11-28(12-14-37)33-32(38)35(42(26-48-19-21-52(3,4)5)27-49-20-22-53(6,7)8)43-34(41-33)31(24-40-43)29-9-10-30(25-44)39-23-29;1-45-15-17-49-36(44)37(50-18-16-46-2)13-11-29(12-14-37)33-23-34(41(27-47-19-21-51(3,4)5)28-48-20-22-52(6,7)8)42-35(40-33)32(25-39-42)30-9-10-31(26-43)38-24-30;1-2-3/h9-10,23-25,28H,11-22,26-27H2,1-8H3;9-10,23-26,29H,11-22,27-28H2,1-8H3;3H. The van der Waals surface area contributed by atoms with Crippen LogP contribution in [-0.4, -0.2) is 249 Å². The van der Waals surface area contributed by atoms with Gasteiger partial charge in [-0.15, -0.1) is 0 Å². The first-order valence-electron chi connectivity index (χ1n) is 37.1. The van der Waals surface area contributed by atoms with Crippen LogP contribution >= 0.6 is 28.7 Å². The molecule has 6 aromatic heterocycles. The molecule has 0 amide bonds. The van der Waals surface area contributed by atoms with Gasteiger partial charge < -0.3 is 66.6 Å². The van der Waals surface area contributed by atoms with E-state index in [-0.39, 0.29) is 50.2 Å². The quantitative estimate of drug-likeness (QED) is 0.00928. The Bertz CT molecular complexity index is 3690. The Kier molecular flexibility index (Phi) is 37.9. The van der Waals surface area contributed by atoms with Crippen molar-refractivity contribution >= 4 is 116 Å². The van der Waals surface area contributed by atoms with Crippen molar-refractivity contribution in [3.8, 4) is 22.3 Å². The maximum absolute atomic E-state index is 13.5. The van der Waals surface area contributed by atoms with Gasteiger partial charge in [0.1, 0.15) is 57.3 Å². The Labute approximate surface area is 657 Å². The van der Waals surface area contributed by atoms with E-state index in [1.807, 2.05) is 21.2 Å². The van der Waals surface area contributed by atoms with Crippen LogP contribution in [0.2, 0.25) is 103 Å². The Morgan fingerprint density at radius 1 is 0.537 bits per heavy atom. The second-order valence-electron chi connectivity index (χ2n) is 32.0. The molecule has 0 N–H and O–H groups in total. The average Bonchev–Trinajstić information content (AvgIpc) is 1.53. The van der Waals surface area contributed by atoms with Crippen molar-refractivity contribution in [2.75, 3.05) is 144 Å². The van der Waals surface area contributed by atoms with Gasteiger partial charge in [-0.3, -0.25) is 19.6 Å². The number of aldehydes is 2. The Hall–Kier alpha value is -5.42. The molecule has 2 aliphatic carbocycles. The Morgan fingerprint density at radius 2 is 0.907 bits per heavy atom. The topological polar surface area (TPSA) is 284 Å². The van der Waals surface area contributed by atoms with Gasteiger partial charge in [0, 0.05) is 145 Å². The summed E-state index contributed by atoms with van der Waals surface area (Å²) < 4.78 is 76.8. The molecule has 8 rings (SSSR count). The first-order valence-corrected chi connectivity index (χ1v) is 53.2. The van der Waals surface area contributed by atoms with Gasteiger partial charge in [0.15, 0.2) is 40.9 Å². The van der Waals surface area contributed by atoms with Gasteiger partial charge in [-0.2, -0.15) is 19.2 Å². The molecule has 27 nitrogen and oxygen atoms in total. The van der Waals surface area contributed by atoms with Crippen molar-refractivity contribution in [1.29, 1.82) is 0 Å². The molecule has 34 heteroatoms. The summed E-state index contributed by atoms with van der Waals surface area (Å²) in [6.45, 7) is 34.2. The second-order valence-corrected chi connectivity index (χ2v) is 55.5. The van der Waals surface area contributed by atoms with E-state index in [2.05, 4.69) is 145 Å². The fourth-order valence-corrected chi connectivity index (χ4v) is 15.9. The number of aromatic nitrogens is 8. The van der Waals surface area contributed by atoms with Crippen molar-refractivity contribution < 1.29 is 76.0 Å². The third-order valence-corrected chi connectivity index (χ3v) is 26.2. The number of methoxy groups -OCH3 is 4. The number of ether oxygens (including phenoxy) is 12. The van der Waals surface area contributed by atoms with Crippen LogP contribution in [0.15, 0.2) is 63.9 Å². The molecule has 0 aromatic carbocycles. The van der Waals surface area contributed by atoms with Crippen LogP contribution in [0.3, 0.4) is 0 Å². The van der Waals surface area contributed by atoms with Crippen molar-refractivity contribution in [3.05, 3.63) is 82.4 Å². The number of thiol groups is 1. The number of fused-ring (bicyclic) bond motifs is 2. The fourth-order valence-electron chi connectivity index (χ4n) is 12.0. The van der Waals surface area contributed by atoms with Gasteiger partial charge in [-0.25, -0.2) is 19.6 Å². The number of carbonyl (C=O) groups is 4. The molecular formula is C74H118BBrN11O16SSi4. The molecule has 0 spiro atoms. The van der Waals surface area contributed by atoms with Gasteiger partial charge in [0.05, 0.1) is 62.2 Å². The summed E-state index contributed by atoms with van der Waals surface area (Å²) >= 11 is 7.18. The molecule has 6 aromatic rings. The number of hydrogen-bond acceptors (Lipinski definition) is 26. The molecule has 2 saturated carbocycles. The van der Waals surface area contributed by atoms with Gasteiger partial charge >= 0.3 is 36.7 Å². The van der Waals surface area contributed by atoms with Crippen LogP contribution in [0, 0.1) is 0 Å². The summed E-state index contributed by atoms with van der Waals surface area (Å²) in [5, 5.41) is 9.67. The first-order chi connectivity index (χ1) is 51.4. The minimum absolute atomic E-state index is 0.0140. The van der Waals surface area contributed by atoms with Crippen LogP contribution in [0.5, 0.6) is 0 Å². The molecule has 2 fully saturated rings. The van der Waals surface area contributed by atoms with E-state index < -0.39 is 43.5 Å². The van der Waals surface area contributed by atoms with Gasteiger partial charge in [-0.05, 0) is 104 Å². The maximum atomic E-state index is 13.5. The number of carbonyl (C=O) groups excluding carboxylic acids is 4. The number of pyridine rings is 2. The number of anilines is 2. The molecule has 2 aliphatic rings. The molecular weight excluding hydrogens is 1530 g/mol. The molecule has 108 heavy (non-hydrogen) atoms. The average molecular weight is 1650 g/mol. The molecule has 1 radical (unpaired) electrons. The molecule has 6 heterocycles. The first kappa shape index (κ1) is 91.5. The van der Waals surface area contributed by atoms with Gasteiger partial charge in [-0.1, -0.05) is 90.7 Å². The molecule has 0 aliphatic heterocycles. The van der Waals surface area contributed by atoms with Gasteiger partial charge in [0.25, 0.3) is 0 Å². The Balaban J connectivity index is 0.000000326. The second kappa shape index (κ2) is 44.7. The summed E-state index contributed by atoms with van der Waals surface area (Å²) in [7, 11) is 5.46. The van der Waals surface area contributed by atoms with E-state index in [4.69, 9.17) is 77.0 Å². The van der Waals surface area contributed by atoms with E-state index in [0.29, 0.717) is 154 Å². The summed E-state index contributed by atoms with van der Waals surface area (Å²) in [5.74, 6) is 0.840. The molecule has 0 saturated heterocycles. The van der Waals surface area contributed by atoms with Crippen molar-refractivity contribution in [3.63, 3.8) is 0 Å². The fraction of sp³-hybridized carbons (Fsp3) is 0.649. The number of esters is 2. The number of rotatable bonds is 44. The van der Waals surface area contributed by atoms with Crippen LogP contribution in [0.4, 0.5) is 11.6 Å². The van der Waals surface area contributed by atoms with E-state index in [1.54, 1.807) is 65.4 Å². The summed E-state index contributed by atoms with van der Waals surface area (Å²) in [6.07, 6.45) is 12.8. The third-order valence-electron chi connectivity index (χ3n) is 18.6. The monoisotopic (exact) mass is 1650 g/mol. The molecule has 0 bridgehead atoms. The number of nitrogens with zero attached hydrogens (tertiary/aromatic N) is 11. The zero-order valence-electron chi connectivity index (χ0n) is 66.7. The third kappa shape index (κ3) is 28.7. The summed E-state index contributed by atoms with van der Waals surface area (Å²) in [6, 6.07) is 13.4. The van der Waals surface area contributed by atoms with E-state index in [9.17, 15) is 19.2 Å². The molecule has 597 valence electrons. The minimum atomic E-state index is -1.32. The van der Waals surface area contributed by atoms with Crippen molar-refractivity contribution in [2.24, 2.45) is 4.30 Å². The molecule has 0 atom stereocenters. The zero-order chi connectivity index (χ0) is 79.1. The van der Waals surface area contributed by atoms with E-state index in [0.717, 1.165) is 86.5 Å². The van der Waals surface area contributed by atoms with Crippen LogP contribution < -0.4 is 9.80 Å². The van der Waals surface area contributed by atoms with Crippen LogP contribution in [0.25, 0.3) is 33.5 Å². The van der Waals surface area contributed by atoms with Crippen LogP contribution in [-0.2, 0) is 66.4 Å². The number of halogens is 1.